The Morgan fingerprint density at radius 3 is 2.36 bits per heavy atom. The molecule has 2 aromatic rings. The molecule has 0 bridgehead atoms. The lowest BCUT2D eigenvalue weighted by Gasteiger charge is -2.36. The molecule has 6 nitrogen and oxygen atoms in total. The quantitative estimate of drug-likeness (QED) is 0.799. The zero-order valence-electron chi connectivity index (χ0n) is 15.3. The number of carbonyl (C=O) groups is 1. The molecule has 0 saturated carbocycles. The lowest BCUT2D eigenvalue weighted by Crippen LogP contribution is -2.53. The van der Waals surface area contributed by atoms with E-state index in [9.17, 15) is 17.6 Å². The number of nitrogens with zero attached hydrogens (tertiary/aromatic N) is 2. The highest BCUT2D eigenvalue weighted by Crippen LogP contribution is 2.20. The van der Waals surface area contributed by atoms with Crippen LogP contribution in [-0.4, -0.2) is 55.8 Å². The number of hydrogen-bond donors (Lipinski definition) is 1. The van der Waals surface area contributed by atoms with Crippen molar-refractivity contribution in [3.63, 3.8) is 0 Å². The molecule has 1 amide bonds. The van der Waals surface area contributed by atoms with E-state index in [4.69, 9.17) is 11.6 Å². The summed E-state index contributed by atoms with van der Waals surface area (Å²) < 4.78 is 40.0. The smallest absolute Gasteiger partial charge is 0.243 e. The number of piperazine rings is 1. The molecule has 1 heterocycles. The maximum Gasteiger partial charge on any atom is 0.243 e. The highest BCUT2D eigenvalue weighted by Gasteiger charge is 2.32. The van der Waals surface area contributed by atoms with Crippen LogP contribution in [0.2, 0.25) is 5.02 Å². The van der Waals surface area contributed by atoms with Crippen LogP contribution in [0.1, 0.15) is 6.92 Å². The maximum absolute atomic E-state index is 13.4. The molecule has 1 fully saturated rings. The molecule has 3 rings (SSSR count). The minimum Gasteiger partial charge on any atom is -0.325 e. The van der Waals surface area contributed by atoms with Crippen LogP contribution >= 0.6 is 11.6 Å². The average molecular weight is 426 g/mol. The summed E-state index contributed by atoms with van der Waals surface area (Å²) in [5, 5.41) is 3.41. The Morgan fingerprint density at radius 1 is 1.11 bits per heavy atom. The SMILES string of the molecule is CC(C(=O)Nc1ccc(Cl)cc1)N1CCN(S(=O)(=O)c2cccc(F)c2)CC1. The number of carbonyl (C=O) groups excluding carboxylic acids is 1. The Balaban J connectivity index is 1.59. The fourth-order valence-electron chi connectivity index (χ4n) is 3.05. The Morgan fingerprint density at radius 2 is 1.75 bits per heavy atom. The first kappa shape index (κ1) is 20.7. The number of hydrogen-bond acceptors (Lipinski definition) is 4. The number of benzene rings is 2. The molecule has 1 aliphatic rings. The van der Waals surface area contributed by atoms with Crippen molar-refractivity contribution in [2.75, 3.05) is 31.5 Å². The zero-order chi connectivity index (χ0) is 20.3. The summed E-state index contributed by atoms with van der Waals surface area (Å²) in [6.07, 6.45) is 0. The topological polar surface area (TPSA) is 69.7 Å². The van der Waals surface area contributed by atoms with Crippen molar-refractivity contribution < 1.29 is 17.6 Å². The second-order valence-corrected chi connectivity index (χ2v) is 8.94. The lowest BCUT2D eigenvalue weighted by atomic mass is 10.2. The molecule has 0 radical (unpaired) electrons. The van der Waals surface area contributed by atoms with Crippen molar-refractivity contribution in [3.05, 3.63) is 59.4 Å². The third-order valence-electron chi connectivity index (χ3n) is 4.75. The first-order chi connectivity index (χ1) is 13.3. The molecule has 1 atom stereocenters. The van der Waals surface area contributed by atoms with Crippen LogP contribution in [0.4, 0.5) is 10.1 Å². The Kier molecular flexibility index (Phi) is 6.34. The summed E-state index contributed by atoms with van der Waals surface area (Å²) in [7, 11) is -3.75. The normalized spacial score (nSPS) is 17.2. The minimum atomic E-state index is -3.75. The van der Waals surface area contributed by atoms with Gasteiger partial charge in [0, 0.05) is 36.9 Å². The van der Waals surface area contributed by atoms with Gasteiger partial charge in [-0.25, -0.2) is 12.8 Å². The van der Waals surface area contributed by atoms with Gasteiger partial charge in [0.05, 0.1) is 10.9 Å². The van der Waals surface area contributed by atoms with Crippen LogP contribution in [0.15, 0.2) is 53.4 Å². The maximum atomic E-state index is 13.4. The Labute approximate surface area is 168 Å². The molecule has 2 aromatic carbocycles. The molecule has 1 unspecified atom stereocenters. The van der Waals surface area contributed by atoms with E-state index in [0.717, 1.165) is 6.07 Å². The van der Waals surface area contributed by atoms with Gasteiger partial charge in [0.2, 0.25) is 15.9 Å². The fourth-order valence-corrected chi connectivity index (χ4v) is 4.63. The summed E-state index contributed by atoms with van der Waals surface area (Å²) in [6.45, 7) is 3.06. The third-order valence-corrected chi connectivity index (χ3v) is 6.89. The first-order valence-corrected chi connectivity index (χ1v) is 10.7. The fraction of sp³-hybridized carbons (Fsp3) is 0.316. The highest BCUT2D eigenvalue weighted by molar-refractivity contribution is 7.89. The van der Waals surface area contributed by atoms with Crippen molar-refractivity contribution in [3.8, 4) is 0 Å². The van der Waals surface area contributed by atoms with E-state index in [1.165, 1.54) is 22.5 Å². The summed E-state index contributed by atoms with van der Waals surface area (Å²) in [5.41, 5.74) is 0.647. The van der Waals surface area contributed by atoms with Crippen LogP contribution in [-0.2, 0) is 14.8 Å². The number of sulfonamides is 1. The van der Waals surface area contributed by atoms with E-state index >= 15 is 0 Å². The van der Waals surface area contributed by atoms with Crippen molar-refractivity contribution in [1.82, 2.24) is 9.21 Å². The monoisotopic (exact) mass is 425 g/mol. The van der Waals surface area contributed by atoms with E-state index in [2.05, 4.69) is 5.32 Å². The van der Waals surface area contributed by atoms with Gasteiger partial charge in [-0.2, -0.15) is 4.31 Å². The van der Waals surface area contributed by atoms with E-state index < -0.39 is 21.9 Å². The molecule has 0 aliphatic carbocycles. The summed E-state index contributed by atoms with van der Waals surface area (Å²) >= 11 is 5.84. The van der Waals surface area contributed by atoms with Gasteiger partial charge in [0.25, 0.3) is 0 Å². The molecule has 9 heteroatoms. The lowest BCUT2D eigenvalue weighted by molar-refractivity contribution is -0.121. The molecule has 1 saturated heterocycles. The molecule has 0 aromatic heterocycles. The van der Waals surface area contributed by atoms with E-state index in [-0.39, 0.29) is 23.9 Å². The van der Waals surface area contributed by atoms with Gasteiger partial charge in [-0.1, -0.05) is 17.7 Å². The van der Waals surface area contributed by atoms with Gasteiger partial charge in [0.1, 0.15) is 5.82 Å². The summed E-state index contributed by atoms with van der Waals surface area (Å²) in [6, 6.07) is 11.4. The van der Waals surface area contributed by atoms with Crippen LogP contribution < -0.4 is 5.32 Å². The van der Waals surface area contributed by atoms with Crippen LogP contribution in [0.25, 0.3) is 0 Å². The van der Waals surface area contributed by atoms with E-state index in [1.54, 1.807) is 31.2 Å². The molecule has 1 aliphatic heterocycles. The van der Waals surface area contributed by atoms with Crippen molar-refractivity contribution >= 4 is 33.2 Å². The van der Waals surface area contributed by atoms with Gasteiger partial charge in [-0.05, 0) is 49.4 Å². The highest BCUT2D eigenvalue weighted by atomic mass is 35.5. The second-order valence-electron chi connectivity index (χ2n) is 6.57. The molecule has 1 N–H and O–H groups in total. The van der Waals surface area contributed by atoms with E-state index in [0.29, 0.717) is 23.8 Å². The molecular weight excluding hydrogens is 405 g/mol. The van der Waals surface area contributed by atoms with Crippen molar-refractivity contribution in [1.29, 1.82) is 0 Å². The molecule has 0 spiro atoms. The minimum absolute atomic E-state index is 0.0607. The first-order valence-electron chi connectivity index (χ1n) is 8.83. The second kappa shape index (κ2) is 8.57. The molecular formula is C19H21ClFN3O3S. The zero-order valence-corrected chi connectivity index (χ0v) is 16.9. The van der Waals surface area contributed by atoms with Gasteiger partial charge in [-0.15, -0.1) is 0 Å². The van der Waals surface area contributed by atoms with Crippen LogP contribution in [0.3, 0.4) is 0 Å². The summed E-state index contributed by atoms with van der Waals surface area (Å²) in [4.78, 5) is 14.3. The summed E-state index contributed by atoms with van der Waals surface area (Å²) in [5.74, 6) is -0.768. The Hall–Kier alpha value is -2.00. The largest absolute Gasteiger partial charge is 0.325 e. The van der Waals surface area contributed by atoms with E-state index in [1.807, 2.05) is 4.90 Å². The molecule has 150 valence electrons. The number of halogens is 2. The third kappa shape index (κ3) is 4.70. The van der Waals surface area contributed by atoms with Crippen LogP contribution in [0.5, 0.6) is 0 Å². The predicted molar refractivity (Wildman–Crippen MR) is 106 cm³/mol. The Bertz CT molecular complexity index is 945. The van der Waals surface area contributed by atoms with Gasteiger partial charge >= 0.3 is 0 Å². The standard InChI is InChI=1S/C19H21ClFN3O3S/c1-14(19(25)22-17-7-5-15(20)6-8-17)23-9-11-24(12-10-23)28(26,27)18-4-2-3-16(21)13-18/h2-8,13-14H,9-12H2,1H3,(H,22,25). The van der Waals surface area contributed by atoms with Crippen molar-refractivity contribution in [2.45, 2.75) is 17.9 Å². The number of nitrogens with one attached hydrogen (secondary N) is 1. The van der Waals surface area contributed by atoms with Gasteiger partial charge < -0.3 is 5.32 Å². The van der Waals surface area contributed by atoms with Gasteiger partial charge in [-0.3, -0.25) is 9.69 Å². The van der Waals surface area contributed by atoms with Crippen molar-refractivity contribution in [2.24, 2.45) is 0 Å². The van der Waals surface area contributed by atoms with Gasteiger partial charge in [0.15, 0.2) is 0 Å². The van der Waals surface area contributed by atoms with Crippen LogP contribution in [0, 0.1) is 5.82 Å². The number of anilines is 1. The molecule has 28 heavy (non-hydrogen) atoms. The number of rotatable bonds is 5. The number of amides is 1. The average Bonchev–Trinajstić information content (AvgIpc) is 2.69. The predicted octanol–water partition coefficient (Wildman–Crippen LogP) is 2.81.